The van der Waals surface area contributed by atoms with Crippen LogP contribution < -0.4 is 5.32 Å². The molecule has 1 aromatic carbocycles. The number of carbonyl (C=O) groups is 3. The van der Waals surface area contributed by atoms with E-state index in [1.165, 1.54) is 17.0 Å². The van der Waals surface area contributed by atoms with Crippen molar-refractivity contribution in [2.75, 3.05) is 6.54 Å². The Morgan fingerprint density at radius 2 is 1.90 bits per heavy atom. The summed E-state index contributed by atoms with van der Waals surface area (Å²) in [5, 5.41) is 12.6. The monoisotopic (exact) mass is 422 g/mol. The molecule has 0 spiro atoms. The van der Waals surface area contributed by atoms with Gasteiger partial charge in [-0.25, -0.2) is 13.2 Å². The van der Waals surface area contributed by atoms with Crippen molar-refractivity contribution in [1.82, 2.24) is 10.2 Å². The van der Waals surface area contributed by atoms with E-state index in [-0.39, 0.29) is 10.8 Å². The predicted molar refractivity (Wildman–Crippen MR) is 107 cm³/mol. The molecule has 0 aliphatic carbocycles. The Morgan fingerprint density at radius 1 is 1.24 bits per heavy atom. The lowest BCUT2D eigenvalue weighted by Gasteiger charge is -2.28. The van der Waals surface area contributed by atoms with E-state index in [2.05, 4.69) is 5.32 Å². The van der Waals surface area contributed by atoms with Gasteiger partial charge in [0.1, 0.15) is 12.1 Å². The van der Waals surface area contributed by atoms with Gasteiger partial charge >= 0.3 is 5.97 Å². The van der Waals surface area contributed by atoms with Gasteiger partial charge in [-0.05, 0) is 37.3 Å². The largest absolute Gasteiger partial charge is 0.480 e. The minimum absolute atomic E-state index is 0.0558. The number of rotatable bonds is 8. The summed E-state index contributed by atoms with van der Waals surface area (Å²) in [5.74, 6) is -2.20. The van der Waals surface area contributed by atoms with Gasteiger partial charge in [-0.15, -0.1) is 0 Å². The molecule has 29 heavy (non-hydrogen) atoms. The Hall–Kier alpha value is -2.68. The van der Waals surface area contributed by atoms with Crippen LogP contribution in [0.3, 0.4) is 0 Å². The zero-order chi connectivity index (χ0) is 21.6. The van der Waals surface area contributed by atoms with Crippen LogP contribution in [0.5, 0.6) is 0 Å². The molecule has 2 N–H and O–H groups in total. The summed E-state index contributed by atoms with van der Waals surface area (Å²) < 4.78 is 24.5. The van der Waals surface area contributed by atoms with E-state index in [9.17, 15) is 27.9 Å². The molecule has 0 bridgehead atoms. The molecule has 1 fully saturated rings. The van der Waals surface area contributed by atoms with E-state index in [1.54, 1.807) is 18.2 Å². The number of carboxylic acids is 1. The molecule has 1 aromatic rings. The molecule has 2 amide bonds. The van der Waals surface area contributed by atoms with Gasteiger partial charge in [0.2, 0.25) is 11.8 Å². The average Bonchev–Trinajstić information content (AvgIpc) is 3.16. The summed E-state index contributed by atoms with van der Waals surface area (Å²) in [6.07, 6.45) is 2.15. The van der Waals surface area contributed by atoms with E-state index in [1.807, 2.05) is 13.8 Å². The number of sulfone groups is 1. The van der Waals surface area contributed by atoms with Crippen LogP contribution in [0.2, 0.25) is 0 Å². The highest BCUT2D eigenvalue weighted by molar-refractivity contribution is 7.94. The zero-order valence-electron chi connectivity index (χ0n) is 16.4. The van der Waals surface area contributed by atoms with Crippen LogP contribution in [0.25, 0.3) is 0 Å². The van der Waals surface area contributed by atoms with Crippen LogP contribution in [0.4, 0.5) is 0 Å². The van der Waals surface area contributed by atoms with Crippen molar-refractivity contribution < 1.29 is 27.9 Å². The molecule has 0 radical (unpaired) electrons. The van der Waals surface area contributed by atoms with Crippen molar-refractivity contribution in [2.24, 2.45) is 5.92 Å². The lowest BCUT2D eigenvalue weighted by atomic mass is 10.0. The fraction of sp³-hybridized carbons (Fsp3) is 0.450. The zero-order valence-corrected chi connectivity index (χ0v) is 17.3. The third-order valence-corrected chi connectivity index (χ3v) is 6.04. The maximum absolute atomic E-state index is 12.9. The Labute approximate surface area is 170 Å². The highest BCUT2D eigenvalue weighted by Crippen LogP contribution is 2.20. The minimum atomic E-state index is -3.78. The van der Waals surface area contributed by atoms with Gasteiger partial charge in [0, 0.05) is 18.0 Å². The molecule has 8 nitrogen and oxygen atoms in total. The van der Waals surface area contributed by atoms with Crippen molar-refractivity contribution in [2.45, 2.75) is 50.1 Å². The van der Waals surface area contributed by atoms with E-state index in [0.29, 0.717) is 25.8 Å². The number of hydrogen-bond donors (Lipinski definition) is 2. The van der Waals surface area contributed by atoms with Gasteiger partial charge in [0.15, 0.2) is 9.84 Å². The Bertz CT molecular complexity index is 879. The van der Waals surface area contributed by atoms with Crippen LogP contribution in [-0.2, 0) is 24.2 Å². The summed E-state index contributed by atoms with van der Waals surface area (Å²) in [7, 11) is -3.78. The van der Waals surface area contributed by atoms with Gasteiger partial charge < -0.3 is 15.3 Å². The summed E-state index contributed by atoms with van der Waals surface area (Å²) >= 11 is 0. The maximum atomic E-state index is 12.9. The second-order valence-electron chi connectivity index (χ2n) is 7.38. The fourth-order valence-corrected chi connectivity index (χ4v) is 4.24. The predicted octanol–water partition coefficient (Wildman–Crippen LogP) is 1.58. The van der Waals surface area contributed by atoms with E-state index >= 15 is 0 Å². The first-order chi connectivity index (χ1) is 13.6. The van der Waals surface area contributed by atoms with Crippen molar-refractivity contribution in [3.05, 3.63) is 41.8 Å². The minimum Gasteiger partial charge on any atom is -0.480 e. The molecule has 0 aromatic heterocycles. The molecule has 1 saturated heterocycles. The van der Waals surface area contributed by atoms with E-state index in [4.69, 9.17) is 0 Å². The van der Waals surface area contributed by atoms with Gasteiger partial charge in [-0.1, -0.05) is 32.0 Å². The normalized spacial score (nSPS) is 18.2. The van der Waals surface area contributed by atoms with Crippen LogP contribution in [0.15, 0.2) is 46.7 Å². The summed E-state index contributed by atoms with van der Waals surface area (Å²) in [6.45, 7) is 4.07. The van der Waals surface area contributed by atoms with E-state index < -0.39 is 39.7 Å². The first-order valence-corrected chi connectivity index (χ1v) is 11.0. The lowest BCUT2D eigenvalue weighted by molar-refractivity contribution is -0.149. The summed E-state index contributed by atoms with van der Waals surface area (Å²) in [6, 6.07) is 5.85. The van der Waals surface area contributed by atoms with Crippen molar-refractivity contribution in [3.63, 3.8) is 0 Å². The molecule has 2 unspecified atom stereocenters. The quantitative estimate of drug-likeness (QED) is 0.614. The van der Waals surface area contributed by atoms with Crippen LogP contribution in [0, 0.1) is 5.92 Å². The van der Waals surface area contributed by atoms with Gasteiger partial charge in [-0.2, -0.15) is 0 Å². The second-order valence-corrected chi connectivity index (χ2v) is 9.21. The summed E-state index contributed by atoms with van der Waals surface area (Å²) in [4.78, 5) is 37.9. The molecule has 1 heterocycles. The molecule has 0 saturated carbocycles. The molecule has 1 aliphatic rings. The van der Waals surface area contributed by atoms with Crippen molar-refractivity contribution in [3.8, 4) is 0 Å². The molecular weight excluding hydrogens is 396 g/mol. The average molecular weight is 423 g/mol. The number of carboxylic acid groups (broad SMARTS) is 1. The number of hydrogen-bond acceptors (Lipinski definition) is 5. The van der Waals surface area contributed by atoms with Gasteiger partial charge in [0.05, 0.1) is 4.90 Å². The molecule has 2 atom stereocenters. The maximum Gasteiger partial charge on any atom is 0.326 e. The van der Waals surface area contributed by atoms with Crippen LogP contribution in [0.1, 0.15) is 33.1 Å². The number of carbonyl (C=O) groups excluding carboxylic acids is 2. The fourth-order valence-electron chi connectivity index (χ4n) is 3.24. The number of nitrogens with zero attached hydrogens (tertiary/aromatic N) is 1. The van der Waals surface area contributed by atoms with Gasteiger partial charge in [-0.3, -0.25) is 9.59 Å². The molecule has 1 aliphatic heterocycles. The third kappa shape index (κ3) is 6.15. The smallest absolute Gasteiger partial charge is 0.326 e. The van der Waals surface area contributed by atoms with E-state index in [0.717, 1.165) is 11.5 Å². The van der Waals surface area contributed by atoms with Crippen molar-refractivity contribution in [1.29, 1.82) is 0 Å². The topological polar surface area (TPSA) is 121 Å². The second kappa shape index (κ2) is 9.69. The standard InChI is InChI=1S/C20H26N2O6S/c1-14(2)13-16(19(24)22-11-6-9-17(22)20(25)26)21-18(23)10-12-29(27,28)15-7-4-3-5-8-15/h3-5,7-8,10,12,14,16-17H,6,9,11,13H2,1-2H3,(H,21,23)(H,25,26)/b12-10+. The van der Waals surface area contributed by atoms with Gasteiger partial charge in [0.25, 0.3) is 0 Å². The SMILES string of the molecule is CC(C)CC(NC(=O)/C=C/S(=O)(=O)c1ccccc1)C(=O)N1CCCC1C(=O)O. The Kier molecular flexibility index (Phi) is 7.55. The number of amides is 2. The number of aliphatic carboxylic acids is 1. The molecule has 2 rings (SSSR count). The lowest BCUT2D eigenvalue weighted by Crippen LogP contribution is -2.51. The number of likely N-dealkylation sites (tertiary alicyclic amines) is 1. The number of nitrogens with one attached hydrogen (secondary N) is 1. The summed E-state index contributed by atoms with van der Waals surface area (Å²) in [5.41, 5.74) is 0. The highest BCUT2D eigenvalue weighted by Gasteiger charge is 2.37. The first kappa shape index (κ1) is 22.6. The van der Waals surface area contributed by atoms with Crippen LogP contribution >= 0.6 is 0 Å². The Morgan fingerprint density at radius 3 is 2.48 bits per heavy atom. The molecule has 9 heteroatoms. The Balaban J connectivity index is 2.12. The third-order valence-electron chi connectivity index (χ3n) is 4.61. The molecular formula is C20H26N2O6S. The highest BCUT2D eigenvalue weighted by atomic mass is 32.2. The first-order valence-electron chi connectivity index (χ1n) is 9.44. The molecule has 158 valence electrons. The van der Waals surface area contributed by atoms with Crippen LogP contribution in [-0.4, -0.2) is 54.8 Å². The number of benzene rings is 1. The van der Waals surface area contributed by atoms with Crippen molar-refractivity contribution >= 4 is 27.6 Å².